The molecular weight excluding hydrogens is 324 g/mol. The molecule has 2 aromatic rings. The van der Waals surface area contributed by atoms with Crippen molar-refractivity contribution in [2.75, 3.05) is 31.1 Å². The van der Waals surface area contributed by atoms with Gasteiger partial charge in [0.2, 0.25) is 5.91 Å². The van der Waals surface area contributed by atoms with Crippen molar-refractivity contribution in [1.29, 1.82) is 0 Å². The molecule has 1 aliphatic rings. The molecule has 0 spiro atoms. The van der Waals surface area contributed by atoms with Gasteiger partial charge in [0, 0.05) is 37.2 Å². The first-order valence-corrected chi connectivity index (χ1v) is 9.36. The van der Waals surface area contributed by atoms with Crippen LogP contribution < -0.4 is 4.90 Å². The van der Waals surface area contributed by atoms with E-state index in [9.17, 15) is 4.79 Å². The second kappa shape index (κ2) is 7.44. The summed E-state index contributed by atoms with van der Waals surface area (Å²) < 4.78 is 0. The van der Waals surface area contributed by atoms with Crippen LogP contribution in [-0.2, 0) is 11.2 Å². The van der Waals surface area contributed by atoms with E-state index in [2.05, 4.69) is 46.3 Å². The largest absolute Gasteiger partial charge is 0.352 e. The average Bonchev–Trinajstić information content (AvgIpc) is 2.67. The van der Waals surface area contributed by atoms with Crippen molar-refractivity contribution >= 4 is 11.7 Å². The fourth-order valence-corrected chi connectivity index (χ4v) is 3.17. The second-order valence-electron chi connectivity index (χ2n) is 7.86. The third-order valence-electron chi connectivity index (χ3n) is 4.84. The third-order valence-corrected chi connectivity index (χ3v) is 4.84. The van der Waals surface area contributed by atoms with Crippen LogP contribution in [0, 0.1) is 5.41 Å². The number of aryl methyl sites for hydroxylation is 1. The van der Waals surface area contributed by atoms with Crippen LogP contribution >= 0.6 is 0 Å². The molecule has 0 aliphatic carbocycles. The molecule has 1 amide bonds. The molecule has 3 rings (SSSR count). The van der Waals surface area contributed by atoms with Crippen LogP contribution in [0.15, 0.2) is 36.4 Å². The quantitative estimate of drug-likeness (QED) is 0.849. The molecule has 5 heteroatoms. The normalized spacial score (nSPS) is 15.2. The molecule has 0 radical (unpaired) electrons. The number of amides is 1. The van der Waals surface area contributed by atoms with Crippen LogP contribution in [-0.4, -0.2) is 47.2 Å². The Hall–Kier alpha value is -2.43. The highest BCUT2D eigenvalue weighted by Crippen LogP contribution is 2.22. The van der Waals surface area contributed by atoms with E-state index in [0.717, 1.165) is 49.7 Å². The van der Waals surface area contributed by atoms with Crippen LogP contribution in [0.2, 0.25) is 0 Å². The molecule has 5 nitrogen and oxygen atoms in total. The number of carbonyl (C=O) groups is 1. The highest BCUT2D eigenvalue weighted by molar-refractivity contribution is 5.81. The SMILES string of the molecule is CCc1ccc(-c2ccc(N3CCN(C(=O)C(C)(C)C)CC3)nn2)cc1. The Labute approximate surface area is 156 Å². The van der Waals surface area contributed by atoms with Gasteiger partial charge < -0.3 is 9.80 Å². The lowest BCUT2D eigenvalue weighted by molar-refractivity contribution is -0.139. The van der Waals surface area contributed by atoms with E-state index in [1.807, 2.05) is 37.8 Å². The predicted octanol–water partition coefficient (Wildman–Crippen LogP) is 3.40. The number of hydrogen-bond donors (Lipinski definition) is 0. The first-order chi connectivity index (χ1) is 12.4. The van der Waals surface area contributed by atoms with Gasteiger partial charge in [0.15, 0.2) is 5.82 Å². The standard InChI is InChI=1S/C21H28N4O/c1-5-16-6-8-17(9-7-16)18-10-11-19(23-22-18)24-12-14-25(15-13-24)20(26)21(2,3)4/h6-11H,5,12-15H2,1-4H3. The van der Waals surface area contributed by atoms with E-state index in [-0.39, 0.29) is 11.3 Å². The Kier molecular flexibility index (Phi) is 5.25. The Balaban J connectivity index is 1.63. The van der Waals surface area contributed by atoms with Crippen LogP contribution in [0.4, 0.5) is 5.82 Å². The van der Waals surface area contributed by atoms with Crippen molar-refractivity contribution in [3.63, 3.8) is 0 Å². The maximum Gasteiger partial charge on any atom is 0.228 e. The van der Waals surface area contributed by atoms with Gasteiger partial charge in [-0.25, -0.2) is 0 Å². The fourth-order valence-electron chi connectivity index (χ4n) is 3.17. The molecule has 1 aromatic heterocycles. The van der Waals surface area contributed by atoms with E-state index in [1.54, 1.807) is 0 Å². The van der Waals surface area contributed by atoms with E-state index >= 15 is 0 Å². The van der Waals surface area contributed by atoms with E-state index < -0.39 is 0 Å². The topological polar surface area (TPSA) is 49.3 Å². The van der Waals surface area contributed by atoms with Gasteiger partial charge >= 0.3 is 0 Å². The Bertz CT molecular complexity index is 739. The number of rotatable bonds is 3. The van der Waals surface area contributed by atoms with Crippen LogP contribution in [0.5, 0.6) is 0 Å². The number of benzene rings is 1. The fraction of sp³-hybridized carbons (Fsp3) is 0.476. The smallest absolute Gasteiger partial charge is 0.228 e. The lowest BCUT2D eigenvalue weighted by atomic mass is 9.94. The molecule has 0 unspecified atom stereocenters. The number of carbonyl (C=O) groups excluding carboxylic acids is 1. The van der Waals surface area contributed by atoms with E-state index in [1.165, 1.54) is 5.56 Å². The molecule has 1 aliphatic heterocycles. The molecule has 0 N–H and O–H groups in total. The van der Waals surface area contributed by atoms with Gasteiger partial charge in [-0.15, -0.1) is 10.2 Å². The Morgan fingerprint density at radius 1 is 0.962 bits per heavy atom. The molecule has 1 saturated heterocycles. The first kappa shape index (κ1) is 18.4. The molecule has 26 heavy (non-hydrogen) atoms. The number of anilines is 1. The lowest BCUT2D eigenvalue weighted by Crippen LogP contribution is -2.51. The van der Waals surface area contributed by atoms with Crippen molar-refractivity contribution in [2.24, 2.45) is 5.41 Å². The lowest BCUT2D eigenvalue weighted by Gasteiger charge is -2.38. The summed E-state index contributed by atoms with van der Waals surface area (Å²) in [7, 11) is 0. The summed E-state index contributed by atoms with van der Waals surface area (Å²) in [5.41, 5.74) is 2.97. The molecule has 1 aromatic carbocycles. The summed E-state index contributed by atoms with van der Waals surface area (Å²) in [5.74, 6) is 1.09. The number of nitrogens with zero attached hydrogens (tertiary/aromatic N) is 4. The molecule has 0 bridgehead atoms. The zero-order chi connectivity index (χ0) is 18.7. The Morgan fingerprint density at radius 3 is 2.12 bits per heavy atom. The summed E-state index contributed by atoms with van der Waals surface area (Å²) in [6.45, 7) is 11.1. The third kappa shape index (κ3) is 4.03. The summed E-state index contributed by atoms with van der Waals surface area (Å²) in [4.78, 5) is 16.5. The minimum atomic E-state index is -0.322. The van der Waals surface area contributed by atoms with Crippen molar-refractivity contribution in [3.05, 3.63) is 42.0 Å². The minimum absolute atomic E-state index is 0.217. The van der Waals surface area contributed by atoms with Crippen molar-refractivity contribution in [1.82, 2.24) is 15.1 Å². The van der Waals surface area contributed by atoms with Gasteiger partial charge in [-0.05, 0) is 24.1 Å². The first-order valence-electron chi connectivity index (χ1n) is 9.36. The van der Waals surface area contributed by atoms with Crippen molar-refractivity contribution in [2.45, 2.75) is 34.1 Å². The van der Waals surface area contributed by atoms with Gasteiger partial charge in [0.25, 0.3) is 0 Å². The zero-order valence-electron chi connectivity index (χ0n) is 16.2. The van der Waals surface area contributed by atoms with E-state index in [0.29, 0.717) is 0 Å². The maximum absolute atomic E-state index is 12.4. The highest BCUT2D eigenvalue weighted by atomic mass is 16.2. The van der Waals surface area contributed by atoms with Crippen molar-refractivity contribution < 1.29 is 4.79 Å². The summed E-state index contributed by atoms with van der Waals surface area (Å²) in [5, 5.41) is 8.81. The monoisotopic (exact) mass is 352 g/mol. The summed E-state index contributed by atoms with van der Waals surface area (Å²) in [6, 6.07) is 12.5. The summed E-state index contributed by atoms with van der Waals surface area (Å²) >= 11 is 0. The predicted molar refractivity (Wildman–Crippen MR) is 105 cm³/mol. The molecule has 1 fully saturated rings. The van der Waals surface area contributed by atoms with Crippen molar-refractivity contribution in [3.8, 4) is 11.3 Å². The molecule has 0 atom stereocenters. The van der Waals surface area contributed by atoms with Crippen LogP contribution in [0.1, 0.15) is 33.3 Å². The van der Waals surface area contributed by atoms with Crippen LogP contribution in [0.3, 0.4) is 0 Å². The van der Waals surface area contributed by atoms with Gasteiger partial charge in [0.05, 0.1) is 5.69 Å². The number of hydrogen-bond acceptors (Lipinski definition) is 4. The van der Waals surface area contributed by atoms with Crippen LogP contribution in [0.25, 0.3) is 11.3 Å². The Morgan fingerprint density at radius 2 is 1.62 bits per heavy atom. The second-order valence-corrected chi connectivity index (χ2v) is 7.86. The minimum Gasteiger partial charge on any atom is -0.352 e. The van der Waals surface area contributed by atoms with Gasteiger partial charge in [-0.1, -0.05) is 52.0 Å². The van der Waals surface area contributed by atoms with Gasteiger partial charge in [-0.3, -0.25) is 4.79 Å². The number of aromatic nitrogens is 2. The molecular formula is C21H28N4O. The van der Waals surface area contributed by atoms with Gasteiger partial charge in [0.1, 0.15) is 0 Å². The summed E-state index contributed by atoms with van der Waals surface area (Å²) in [6.07, 6.45) is 1.04. The average molecular weight is 352 g/mol. The highest BCUT2D eigenvalue weighted by Gasteiger charge is 2.29. The molecule has 2 heterocycles. The molecule has 138 valence electrons. The zero-order valence-corrected chi connectivity index (χ0v) is 16.2. The number of piperazine rings is 1. The molecule has 0 saturated carbocycles. The maximum atomic E-state index is 12.4. The van der Waals surface area contributed by atoms with Gasteiger partial charge in [-0.2, -0.15) is 0 Å². The van der Waals surface area contributed by atoms with E-state index in [4.69, 9.17) is 0 Å².